The van der Waals surface area contributed by atoms with Crippen molar-refractivity contribution in [3.8, 4) is 0 Å². The fourth-order valence-corrected chi connectivity index (χ4v) is 5.32. The van der Waals surface area contributed by atoms with Crippen molar-refractivity contribution >= 4 is 29.2 Å². The Morgan fingerprint density at radius 1 is 1.33 bits per heavy atom. The molecule has 0 bridgehead atoms. The lowest BCUT2D eigenvalue weighted by molar-refractivity contribution is 0.715. The van der Waals surface area contributed by atoms with Crippen molar-refractivity contribution < 1.29 is 0 Å². The van der Waals surface area contributed by atoms with E-state index in [2.05, 4.69) is 45.3 Å². The van der Waals surface area contributed by atoms with E-state index < -0.39 is 0 Å². The third-order valence-electron chi connectivity index (χ3n) is 4.97. The summed E-state index contributed by atoms with van der Waals surface area (Å²) in [4.78, 5) is 0. The molecule has 0 radical (unpaired) electrons. The summed E-state index contributed by atoms with van der Waals surface area (Å²) in [6.07, 6.45) is 2.54. The van der Waals surface area contributed by atoms with Crippen LogP contribution in [0, 0.1) is 6.92 Å². The zero-order valence-electron chi connectivity index (χ0n) is 14.7. The van der Waals surface area contributed by atoms with E-state index in [1.54, 1.807) is 0 Å². The predicted octanol–water partition coefficient (Wildman–Crippen LogP) is 5.29. The molecule has 1 aliphatic carbocycles. The number of halogens is 1. The number of nitrogens with one attached hydrogen (secondary N) is 1. The standard InChI is InChI=1S/C19H24ClN3S/c1-11-9-13(20)7-8-14(11)17-15-16(12-5-6-12)22-23(4)18(15)21-10-19(2,3)24-17/h7-9,12,17,21H,5-6,10H2,1-4H3/t17-/m0/s1. The van der Waals surface area contributed by atoms with Crippen LogP contribution in [0.3, 0.4) is 0 Å². The first-order valence-corrected chi connectivity index (χ1v) is 9.86. The molecular weight excluding hydrogens is 338 g/mol. The topological polar surface area (TPSA) is 29.9 Å². The predicted molar refractivity (Wildman–Crippen MR) is 103 cm³/mol. The minimum absolute atomic E-state index is 0.149. The van der Waals surface area contributed by atoms with Gasteiger partial charge in [-0.1, -0.05) is 17.7 Å². The number of rotatable bonds is 2. The first kappa shape index (κ1) is 16.3. The van der Waals surface area contributed by atoms with Gasteiger partial charge in [0, 0.05) is 34.8 Å². The molecule has 1 N–H and O–H groups in total. The number of anilines is 1. The van der Waals surface area contributed by atoms with E-state index in [4.69, 9.17) is 16.7 Å². The molecule has 2 aromatic rings. The second kappa shape index (κ2) is 5.70. The maximum Gasteiger partial charge on any atom is 0.128 e. The molecule has 1 saturated carbocycles. The van der Waals surface area contributed by atoms with E-state index >= 15 is 0 Å². The molecule has 128 valence electrons. The summed E-state index contributed by atoms with van der Waals surface area (Å²) in [6.45, 7) is 7.75. The first-order chi connectivity index (χ1) is 11.4. The molecule has 1 fully saturated rings. The molecule has 4 rings (SSSR count). The Morgan fingerprint density at radius 2 is 2.08 bits per heavy atom. The van der Waals surface area contributed by atoms with Crippen LogP contribution in [0.5, 0.6) is 0 Å². The van der Waals surface area contributed by atoms with Crippen molar-refractivity contribution in [3.63, 3.8) is 0 Å². The third-order valence-corrected chi connectivity index (χ3v) is 6.71. The van der Waals surface area contributed by atoms with Crippen LogP contribution >= 0.6 is 23.4 Å². The Labute approximate surface area is 153 Å². The molecule has 0 saturated heterocycles. The van der Waals surface area contributed by atoms with Crippen LogP contribution in [-0.4, -0.2) is 21.1 Å². The highest BCUT2D eigenvalue weighted by atomic mass is 35.5. The van der Waals surface area contributed by atoms with Gasteiger partial charge in [0.2, 0.25) is 0 Å². The summed E-state index contributed by atoms with van der Waals surface area (Å²) >= 11 is 8.24. The highest BCUT2D eigenvalue weighted by Gasteiger charge is 2.39. The highest BCUT2D eigenvalue weighted by molar-refractivity contribution is 8.01. The van der Waals surface area contributed by atoms with Crippen molar-refractivity contribution in [2.24, 2.45) is 7.05 Å². The van der Waals surface area contributed by atoms with E-state index in [-0.39, 0.29) is 4.75 Å². The average molecular weight is 362 g/mol. The number of hydrogen-bond acceptors (Lipinski definition) is 3. The van der Waals surface area contributed by atoms with Crippen LogP contribution in [0.4, 0.5) is 5.82 Å². The Balaban J connectivity index is 1.90. The summed E-state index contributed by atoms with van der Waals surface area (Å²) < 4.78 is 2.19. The summed E-state index contributed by atoms with van der Waals surface area (Å²) in [5, 5.41) is 9.66. The number of hydrogen-bond donors (Lipinski definition) is 1. The zero-order chi connectivity index (χ0) is 17.1. The Kier molecular flexibility index (Phi) is 3.88. The van der Waals surface area contributed by atoms with Gasteiger partial charge in [-0.05, 0) is 56.9 Å². The normalized spacial score (nSPS) is 22.6. The second-order valence-electron chi connectivity index (χ2n) is 7.66. The van der Waals surface area contributed by atoms with Gasteiger partial charge in [0.15, 0.2) is 0 Å². The lowest BCUT2D eigenvalue weighted by Crippen LogP contribution is -2.26. The maximum absolute atomic E-state index is 6.20. The maximum atomic E-state index is 6.20. The molecule has 0 unspecified atom stereocenters. The third kappa shape index (κ3) is 2.84. The molecule has 1 aliphatic heterocycles. The van der Waals surface area contributed by atoms with Gasteiger partial charge in [-0.25, -0.2) is 0 Å². The molecule has 3 nitrogen and oxygen atoms in total. The number of benzene rings is 1. The molecule has 1 aromatic carbocycles. The lowest BCUT2D eigenvalue weighted by atomic mass is 9.98. The van der Waals surface area contributed by atoms with Crippen molar-refractivity contribution in [1.82, 2.24) is 9.78 Å². The average Bonchev–Trinajstić information content (AvgIpc) is 3.29. The van der Waals surface area contributed by atoms with Crippen molar-refractivity contribution in [2.45, 2.75) is 49.5 Å². The van der Waals surface area contributed by atoms with E-state index in [0.717, 1.165) is 11.6 Å². The van der Waals surface area contributed by atoms with Gasteiger partial charge in [-0.3, -0.25) is 4.68 Å². The lowest BCUT2D eigenvalue weighted by Gasteiger charge is -2.27. The Hall–Kier alpha value is -1.13. The Morgan fingerprint density at radius 3 is 2.75 bits per heavy atom. The second-order valence-corrected chi connectivity index (χ2v) is 9.91. The van der Waals surface area contributed by atoms with Gasteiger partial charge in [0.1, 0.15) is 5.82 Å². The fraction of sp³-hybridized carbons (Fsp3) is 0.526. The summed E-state index contributed by atoms with van der Waals surface area (Å²) in [5.74, 6) is 1.83. The van der Waals surface area contributed by atoms with E-state index in [1.165, 1.54) is 41.0 Å². The number of fused-ring (bicyclic) bond motifs is 1. The van der Waals surface area contributed by atoms with Crippen LogP contribution in [0.2, 0.25) is 5.02 Å². The molecule has 0 spiro atoms. The smallest absolute Gasteiger partial charge is 0.128 e. The van der Waals surface area contributed by atoms with Gasteiger partial charge >= 0.3 is 0 Å². The number of aromatic nitrogens is 2. The van der Waals surface area contributed by atoms with E-state index in [0.29, 0.717) is 11.2 Å². The number of thioether (sulfide) groups is 1. The first-order valence-electron chi connectivity index (χ1n) is 8.60. The molecule has 5 heteroatoms. The summed E-state index contributed by atoms with van der Waals surface area (Å²) in [7, 11) is 2.06. The van der Waals surface area contributed by atoms with Crippen LogP contribution in [-0.2, 0) is 7.05 Å². The molecule has 2 heterocycles. The van der Waals surface area contributed by atoms with Gasteiger partial charge < -0.3 is 5.32 Å². The van der Waals surface area contributed by atoms with Crippen molar-refractivity contribution in [3.05, 3.63) is 45.6 Å². The minimum Gasteiger partial charge on any atom is -0.369 e. The fourth-order valence-electron chi connectivity index (χ4n) is 3.56. The van der Waals surface area contributed by atoms with E-state index in [9.17, 15) is 0 Å². The van der Waals surface area contributed by atoms with Crippen molar-refractivity contribution in [1.29, 1.82) is 0 Å². The quantitative estimate of drug-likeness (QED) is 0.788. The monoisotopic (exact) mass is 361 g/mol. The molecule has 1 aromatic heterocycles. The highest BCUT2D eigenvalue weighted by Crippen LogP contribution is 2.53. The minimum atomic E-state index is 0.149. The molecular formula is C19H24ClN3S. The molecule has 24 heavy (non-hydrogen) atoms. The summed E-state index contributed by atoms with van der Waals surface area (Å²) in [6, 6.07) is 6.29. The van der Waals surface area contributed by atoms with Crippen molar-refractivity contribution in [2.75, 3.05) is 11.9 Å². The zero-order valence-corrected chi connectivity index (χ0v) is 16.3. The van der Waals surface area contributed by atoms with E-state index in [1.807, 2.05) is 22.5 Å². The van der Waals surface area contributed by atoms with Crippen LogP contribution in [0.15, 0.2) is 18.2 Å². The van der Waals surface area contributed by atoms with Crippen LogP contribution in [0.25, 0.3) is 0 Å². The Bertz CT molecular complexity index is 792. The molecule has 2 aliphatic rings. The SMILES string of the molecule is Cc1cc(Cl)ccc1[C@@H]1SC(C)(C)CNc2c1c(C1CC1)nn2C. The van der Waals surface area contributed by atoms with Crippen LogP contribution < -0.4 is 5.32 Å². The van der Waals surface area contributed by atoms with Crippen LogP contribution in [0.1, 0.15) is 60.2 Å². The van der Waals surface area contributed by atoms with Gasteiger partial charge in [-0.2, -0.15) is 5.10 Å². The number of nitrogens with zero attached hydrogens (tertiary/aromatic N) is 2. The molecule has 1 atom stereocenters. The molecule has 0 amide bonds. The van der Waals surface area contributed by atoms with Gasteiger partial charge in [0.05, 0.1) is 10.9 Å². The number of aryl methyl sites for hydroxylation is 2. The largest absolute Gasteiger partial charge is 0.369 e. The van der Waals surface area contributed by atoms with Gasteiger partial charge in [-0.15, -0.1) is 11.8 Å². The summed E-state index contributed by atoms with van der Waals surface area (Å²) in [5.41, 5.74) is 5.30. The van der Waals surface area contributed by atoms with Gasteiger partial charge in [0.25, 0.3) is 0 Å².